The zero-order valence-electron chi connectivity index (χ0n) is 15.6. The largest absolute Gasteiger partial charge is 0.337 e. The number of halogens is 2. The number of anilines is 2. The van der Waals surface area contributed by atoms with Crippen molar-refractivity contribution in [2.45, 2.75) is 6.42 Å². The predicted octanol–water partition coefficient (Wildman–Crippen LogP) is 4.04. The molecule has 9 heteroatoms. The standard InChI is InChI=1S/C21H15ClFN5O2/c22-15-2-1-3-16(19(15)23)27-20-14-7-18(28(29)30)12(6-17(14)25-11-26-20)4-5-21-8-13(21)9-24-10-21/h1-3,6-7,11,13,24H,8-10H2,(H,25,26,27)/t13-,21+/m0/s1. The van der Waals surface area contributed by atoms with Crippen LogP contribution in [-0.2, 0) is 0 Å². The Kier molecular flexibility index (Phi) is 4.31. The molecular weight excluding hydrogens is 409 g/mol. The highest BCUT2D eigenvalue weighted by Crippen LogP contribution is 2.54. The zero-order valence-corrected chi connectivity index (χ0v) is 16.3. The van der Waals surface area contributed by atoms with Crippen molar-refractivity contribution in [3.8, 4) is 11.8 Å². The van der Waals surface area contributed by atoms with Crippen LogP contribution in [0.3, 0.4) is 0 Å². The summed E-state index contributed by atoms with van der Waals surface area (Å²) in [6, 6.07) is 7.48. The fraction of sp³-hybridized carbons (Fsp3) is 0.238. The van der Waals surface area contributed by atoms with E-state index in [4.69, 9.17) is 11.6 Å². The van der Waals surface area contributed by atoms with E-state index in [2.05, 4.69) is 32.4 Å². The van der Waals surface area contributed by atoms with Crippen LogP contribution in [0.15, 0.2) is 36.7 Å². The van der Waals surface area contributed by atoms with Crippen LogP contribution < -0.4 is 10.6 Å². The van der Waals surface area contributed by atoms with Crippen molar-refractivity contribution in [1.29, 1.82) is 0 Å². The van der Waals surface area contributed by atoms with Gasteiger partial charge in [0.2, 0.25) is 0 Å². The second-order valence-electron chi connectivity index (χ2n) is 7.53. The highest BCUT2D eigenvalue weighted by molar-refractivity contribution is 6.31. The summed E-state index contributed by atoms with van der Waals surface area (Å²) in [5.74, 6) is 6.37. The maximum Gasteiger partial charge on any atom is 0.285 e. The fourth-order valence-electron chi connectivity index (χ4n) is 3.89. The Morgan fingerprint density at radius 1 is 1.37 bits per heavy atom. The SMILES string of the molecule is O=[N+]([O-])c1cc2c(Nc3cccc(Cl)c3F)ncnc2cc1C#C[C@@]12CNC[C@@H]1C2. The number of nitrogens with zero attached hydrogens (tertiary/aromatic N) is 3. The van der Waals surface area contributed by atoms with Gasteiger partial charge >= 0.3 is 0 Å². The van der Waals surface area contributed by atoms with Gasteiger partial charge in [-0.15, -0.1) is 0 Å². The summed E-state index contributed by atoms with van der Waals surface area (Å²) < 4.78 is 14.3. The Hall–Kier alpha value is -3.28. The molecule has 30 heavy (non-hydrogen) atoms. The summed E-state index contributed by atoms with van der Waals surface area (Å²) in [5.41, 5.74) is 0.684. The molecule has 0 radical (unpaired) electrons. The molecule has 2 fully saturated rings. The molecule has 1 aliphatic carbocycles. The highest BCUT2D eigenvalue weighted by atomic mass is 35.5. The topological polar surface area (TPSA) is 93.0 Å². The molecule has 2 aromatic carbocycles. The van der Waals surface area contributed by atoms with E-state index in [-0.39, 0.29) is 27.6 Å². The summed E-state index contributed by atoms with van der Waals surface area (Å²) in [4.78, 5) is 19.6. The van der Waals surface area contributed by atoms with E-state index in [0.717, 1.165) is 19.5 Å². The van der Waals surface area contributed by atoms with Gasteiger partial charge in [-0.3, -0.25) is 10.1 Å². The van der Waals surface area contributed by atoms with Crippen LogP contribution in [0.5, 0.6) is 0 Å². The molecule has 1 aliphatic heterocycles. The molecular formula is C21H15ClFN5O2. The molecule has 1 saturated carbocycles. The number of aromatic nitrogens is 2. The molecule has 0 amide bonds. The van der Waals surface area contributed by atoms with Crippen LogP contribution >= 0.6 is 11.6 Å². The Morgan fingerprint density at radius 3 is 2.97 bits per heavy atom. The van der Waals surface area contributed by atoms with Gasteiger partial charge in [-0.05, 0) is 37.1 Å². The van der Waals surface area contributed by atoms with E-state index in [9.17, 15) is 14.5 Å². The monoisotopic (exact) mass is 423 g/mol. The van der Waals surface area contributed by atoms with Crippen molar-refractivity contribution in [2.75, 3.05) is 18.4 Å². The van der Waals surface area contributed by atoms with Crippen LogP contribution in [0, 0.1) is 39.1 Å². The van der Waals surface area contributed by atoms with Gasteiger partial charge in [-0.1, -0.05) is 29.5 Å². The second-order valence-corrected chi connectivity index (χ2v) is 7.94. The van der Waals surface area contributed by atoms with Crippen molar-refractivity contribution in [1.82, 2.24) is 15.3 Å². The van der Waals surface area contributed by atoms with Gasteiger partial charge in [0.1, 0.15) is 17.7 Å². The third-order valence-electron chi connectivity index (χ3n) is 5.66. The molecule has 0 unspecified atom stereocenters. The normalized spacial score (nSPS) is 21.6. The molecule has 5 rings (SSSR count). The molecule has 3 aromatic rings. The first kappa shape index (κ1) is 18.7. The molecule has 7 nitrogen and oxygen atoms in total. The lowest BCUT2D eigenvalue weighted by Crippen LogP contribution is -2.14. The molecule has 1 aromatic heterocycles. The Labute approximate surface area is 175 Å². The van der Waals surface area contributed by atoms with Gasteiger partial charge in [-0.25, -0.2) is 14.4 Å². The number of benzene rings is 2. The summed E-state index contributed by atoms with van der Waals surface area (Å²) in [7, 11) is 0. The molecule has 2 heterocycles. The average Bonchev–Trinajstić information content (AvgIpc) is 3.28. The molecule has 0 spiro atoms. The van der Waals surface area contributed by atoms with Crippen LogP contribution in [0.2, 0.25) is 5.02 Å². The Balaban J connectivity index is 1.58. The summed E-state index contributed by atoms with van der Waals surface area (Å²) >= 11 is 5.83. The lowest BCUT2D eigenvalue weighted by molar-refractivity contribution is -0.385. The van der Waals surface area contributed by atoms with Crippen LogP contribution in [0.4, 0.5) is 21.6 Å². The lowest BCUT2D eigenvalue weighted by atomic mass is 10.0. The van der Waals surface area contributed by atoms with Crippen molar-refractivity contribution in [3.63, 3.8) is 0 Å². The molecule has 2 atom stereocenters. The van der Waals surface area contributed by atoms with E-state index < -0.39 is 10.7 Å². The first-order valence-electron chi connectivity index (χ1n) is 9.35. The number of fused-ring (bicyclic) bond motifs is 2. The van der Waals surface area contributed by atoms with Gasteiger partial charge in [0.25, 0.3) is 5.69 Å². The minimum absolute atomic E-state index is 0.0407. The van der Waals surface area contributed by atoms with Crippen LogP contribution in [0.25, 0.3) is 10.9 Å². The number of nitro benzene ring substituents is 1. The molecule has 2 N–H and O–H groups in total. The minimum Gasteiger partial charge on any atom is -0.337 e. The van der Waals surface area contributed by atoms with Crippen molar-refractivity contribution < 1.29 is 9.31 Å². The number of rotatable bonds is 3. The molecule has 1 saturated heterocycles. The Morgan fingerprint density at radius 2 is 2.23 bits per heavy atom. The quantitative estimate of drug-likeness (QED) is 0.375. The van der Waals surface area contributed by atoms with Gasteiger partial charge in [0.15, 0.2) is 5.82 Å². The zero-order chi connectivity index (χ0) is 20.9. The average molecular weight is 424 g/mol. The third kappa shape index (κ3) is 3.12. The van der Waals surface area contributed by atoms with Crippen LogP contribution in [-0.4, -0.2) is 28.0 Å². The van der Waals surface area contributed by atoms with E-state index in [1.54, 1.807) is 12.1 Å². The molecule has 150 valence electrons. The minimum atomic E-state index is -0.633. The summed E-state index contributed by atoms with van der Waals surface area (Å²) in [5, 5.41) is 18.2. The van der Waals surface area contributed by atoms with Crippen molar-refractivity contribution in [2.24, 2.45) is 11.3 Å². The number of nitro groups is 1. The van der Waals surface area contributed by atoms with Gasteiger partial charge < -0.3 is 10.6 Å². The van der Waals surface area contributed by atoms with Crippen molar-refractivity contribution >= 4 is 39.7 Å². The Bertz CT molecular complexity index is 1270. The van der Waals surface area contributed by atoms with E-state index in [0.29, 0.717) is 22.4 Å². The van der Waals surface area contributed by atoms with E-state index >= 15 is 0 Å². The van der Waals surface area contributed by atoms with Crippen LogP contribution in [0.1, 0.15) is 12.0 Å². The number of hydrogen-bond donors (Lipinski definition) is 2. The van der Waals surface area contributed by atoms with E-state index in [1.807, 2.05) is 0 Å². The number of nitrogens with one attached hydrogen (secondary N) is 2. The third-order valence-corrected chi connectivity index (χ3v) is 5.96. The second kappa shape index (κ2) is 6.90. The smallest absolute Gasteiger partial charge is 0.285 e. The predicted molar refractivity (Wildman–Crippen MR) is 111 cm³/mol. The fourth-order valence-corrected chi connectivity index (χ4v) is 4.07. The maximum atomic E-state index is 14.3. The molecule has 2 aliphatic rings. The molecule has 0 bridgehead atoms. The number of hydrogen-bond acceptors (Lipinski definition) is 6. The van der Waals surface area contributed by atoms with E-state index in [1.165, 1.54) is 24.5 Å². The highest BCUT2D eigenvalue weighted by Gasteiger charge is 2.56. The van der Waals surface area contributed by atoms with Gasteiger partial charge in [0, 0.05) is 23.4 Å². The maximum absolute atomic E-state index is 14.3. The van der Waals surface area contributed by atoms with Crippen molar-refractivity contribution in [3.05, 3.63) is 63.2 Å². The first-order valence-corrected chi connectivity index (χ1v) is 9.73. The van der Waals surface area contributed by atoms with Gasteiger partial charge in [0.05, 0.1) is 21.2 Å². The lowest BCUT2D eigenvalue weighted by Gasteiger charge is -2.10. The summed E-state index contributed by atoms with van der Waals surface area (Å²) in [6.07, 6.45) is 2.34. The van der Waals surface area contributed by atoms with Gasteiger partial charge in [-0.2, -0.15) is 0 Å². The summed E-state index contributed by atoms with van der Waals surface area (Å²) in [6.45, 7) is 1.75. The first-order chi connectivity index (χ1) is 14.5. The number of piperidine rings is 1.